The number of nitrogens with two attached hydrogens (primary N) is 1. The number of halogens is 1. The van der Waals surface area contributed by atoms with Gasteiger partial charge in [-0.15, -0.1) is 22.7 Å². The molecule has 0 spiro atoms. The number of rotatable bonds is 3. The molecule has 1 aromatic carbocycles. The van der Waals surface area contributed by atoms with Gasteiger partial charge in [0.25, 0.3) is 6.71 Å². The number of fused-ring (bicyclic) bond motifs is 1. The highest BCUT2D eigenvalue weighted by atomic mass is 32.1. The number of aliphatic imine (C=N–C) groups is 1. The van der Waals surface area contributed by atoms with Crippen molar-refractivity contribution < 1.29 is 4.39 Å². The van der Waals surface area contributed by atoms with Crippen LogP contribution in [0.4, 0.5) is 10.1 Å². The van der Waals surface area contributed by atoms with Crippen molar-refractivity contribution in [3.63, 3.8) is 0 Å². The number of anilines is 1. The fraction of sp³-hybridized carbons (Fsp3) is 0.211. The maximum atomic E-state index is 14.2. The molecule has 0 saturated carbocycles. The molecule has 0 unspecified atom stereocenters. The molecule has 0 atom stereocenters. The Bertz CT molecular complexity index is 1090. The lowest BCUT2D eigenvalue weighted by atomic mass is 9.44. The first-order valence-electron chi connectivity index (χ1n) is 8.60. The molecule has 0 saturated heterocycles. The van der Waals surface area contributed by atoms with Gasteiger partial charge in [0.2, 0.25) is 0 Å². The molecular formula is C19H16BFN4S2. The van der Waals surface area contributed by atoms with Crippen molar-refractivity contribution in [3.05, 3.63) is 40.5 Å². The van der Waals surface area contributed by atoms with E-state index in [-0.39, 0.29) is 12.4 Å². The summed E-state index contributed by atoms with van der Waals surface area (Å²) < 4.78 is 15.3. The largest absolute Gasteiger partial charge is 0.396 e. The van der Waals surface area contributed by atoms with Crippen molar-refractivity contribution in [2.24, 2.45) is 4.99 Å². The third kappa shape index (κ3) is 3.40. The fourth-order valence-electron chi connectivity index (χ4n) is 3.20. The van der Waals surface area contributed by atoms with Crippen LogP contribution in [0.15, 0.2) is 29.3 Å². The van der Waals surface area contributed by atoms with Crippen LogP contribution < -0.4 is 5.73 Å². The van der Waals surface area contributed by atoms with Crippen LogP contribution in [0.3, 0.4) is 0 Å². The van der Waals surface area contributed by atoms with Crippen LogP contribution in [0.25, 0.3) is 25.7 Å². The Hall–Kier alpha value is -2.50. The number of hydrogen-bond acceptors (Lipinski definition) is 6. The van der Waals surface area contributed by atoms with Crippen molar-refractivity contribution in [1.82, 2.24) is 4.98 Å². The molecular weight excluding hydrogens is 378 g/mol. The molecule has 1 aliphatic rings. The predicted molar refractivity (Wildman–Crippen MR) is 114 cm³/mol. The second kappa shape index (κ2) is 7.26. The van der Waals surface area contributed by atoms with Crippen molar-refractivity contribution >= 4 is 56.4 Å². The molecule has 3 aromatic rings. The number of nitrogen functional groups attached to an aromatic ring is 1. The number of hydrogen-bond donors (Lipinski definition) is 1. The van der Waals surface area contributed by atoms with Crippen LogP contribution in [0.1, 0.15) is 16.9 Å². The minimum Gasteiger partial charge on any atom is -0.396 e. The van der Waals surface area contributed by atoms with E-state index < -0.39 is 5.82 Å². The molecule has 4 nitrogen and oxygen atoms in total. The quantitative estimate of drug-likeness (QED) is 0.380. The van der Waals surface area contributed by atoms with E-state index in [0.717, 1.165) is 33.6 Å². The molecule has 2 N–H and O–H groups in total. The molecule has 8 heteroatoms. The molecule has 0 amide bonds. The summed E-state index contributed by atoms with van der Waals surface area (Å²) in [5, 5.41) is 9.80. The Balaban J connectivity index is 1.67. The van der Waals surface area contributed by atoms with E-state index in [0.29, 0.717) is 11.1 Å². The summed E-state index contributed by atoms with van der Waals surface area (Å²) in [4.78, 5) is 10.8. The van der Waals surface area contributed by atoms with Crippen molar-refractivity contribution in [2.45, 2.75) is 19.1 Å². The van der Waals surface area contributed by atoms with Gasteiger partial charge in [-0.1, -0.05) is 12.4 Å². The number of benzene rings is 1. The van der Waals surface area contributed by atoms with Gasteiger partial charge in [-0.2, -0.15) is 0 Å². The summed E-state index contributed by atoms with van der Waals surface area (Å²) in [5.74, 6) is 1.89. The minimum atomic E-state index is -0.457. The molecule has 0 fully saturated rings. The zero-order valence-corrected chi connectivity index (χ0v) is 16.3. The molecule has 4 rings (SSSR count). The van der Waals surface area contributed by atoms with E-state index in [4.69, 9.17) is 16.0 Å². The van der Waals surface area contributed by atoms with E-state index in [1.54, 1.807) is 35.9 Å². The summed E-state index contributed by atoms with van der Waals surface area (Å²) in [5.41, 5.74) is 8.46. The normalized spacial score (nSPS) is 14.7. The van der Waals surface area contributed by atoms with Gasteiger partial charge in [-0.05, 0) is 36.5 Å². The standard InChI is InChI=1S/C19H16BFN4S2/c1-24-9-13-6-12(7-14(21)17(13)23)18-25-19-16(27-18)8-15(26-19)11-2-4-20(10-22)5-3-11/h2,6-9H,3-5,23H2,1H3. The van der Waals surface area contributed by atoms with Gasteiger partial charge in [-0.25, -0.2) is 14.6 Å². The smallest absolute Gasteiger partial charge is 0.271 e. The highest BCUT2D eigenvalue weighted by molar-refractivity contribution is 7.29. The Morgan fingerprint density at radius 3 is 2.89 bits per heavy atom. The average Bonchev–Trinajstić information content (AvgIpc) is 3.25. The van der Waals surface area contributed by atoms with Crippen molar-refractivity contribution in [2.75, 3.05) is 12.8 Å². The van der Waals surface area contributed by atoms with Crippen LogP contribution in [0.2, 0.25) is 12.6 Å². The predicted octanol–water partition coefficient (Wildman–Crippen LogP) is 5.14. The van der Waals surface area contributed by atoms with Gasteiger partial charge < -0.3 is 5.73 Å². The molecule has 27 heavy (non-hydrogen) atoms. The van der Waals surface area contributed by atoms with Gasteiger partial charge in [0.15, 0.2) is 0 Å². The van der Waals surface area contributed by atoms with E-state index in [1.165, 1.54) is 16.5 Å². The van der Waals surface area contributed by atoms with Crippen LogP contribution in [-0.4, -0.2) is 25.0 Å². The SMILES string of the molecule is CN=Cc1cc(-c2nc3sc(C4=CCB(C#N)CC4)cc3s2)cc(F)c1N. The van der Waals surface area contributed by atoms with Crippen LogP contribution in [0.5, 0.6) is 0 Å². The summed E-state index contributed by atoms with van der Waals surface area (Å²) in [6.07, 6.45) is 6.41. The monoisotopic (exact) mass is 394 g/mol. The second-order valence-electron chi connectivity index (χ2n) is 6.48. The van der Waals surface area contributed by atoms with Gasteiger partial charge >= 0.3 is 0 Å². The molecule has 1 aliphatic heterocycles. The maximum Gasteiger partial charge on any atom is 0.271 e. The number of nitrogens with zero attached hydrogens (tertiary/aromatic N) is 3. The summed E-state index contributed by atoms with van der Waals surface area (Å²) in [6, 6.07) is 5.40. The number of allylic oxidation sites excluding steroid dienone is 2. The third-order valence-corrected chi connectivity index (χ3v) is 6.96. The van der Waals surface area contributed by atoms with E-state index in [9.17, 15) is 4.39 Å². The Labute approximate surface area is 165 Å². The highest BCUT2D eigenvalue weighted by Crippen LogP contribution is 2.40. The van der Waals surface area contributed by atoms with E-state index in [2.05, 4.69) is 23.1 Å². The summed E-state index contributed by atoms with van der Waals surface area (Å²) in [6.45, 7) is 0.140. The van der Waals surface area contributed by atoms with Crippen molar-refractivity contribution in [3.8, 4) is 16.5 Å². The maximum absolute atomic E-state index is 14.2. The highest BCUT2D eigenvalue weighted by Gasteiger charge is 2.21. The Morgan fingerprint density at radius 1 is 1.37 bits per heavy atom. The molecule has 0 aliphatic carbocycles. The molecule has 134 valence electrons. The molecule has 2 aromatic heterocycles. The topological polar surface area (TPSA) is 75.1 Å². The minimum absolute atomic E-state index is 0.102. The zero-order chi connectivity index (χ0) is 19.0. The van der Waals surface area contributed by atoms with Crippen LogP contribution >= 0.6 is 22.7 Å². The van der Waals surface area contributed by atoms with Gasteiger partial charge in [-0.3, -0.25) is 4.99 Å². The zero-order valence-electron chi connectivity index (χ0n) is 14.7. The molecule has 3 heterocycles. The van der Waals surface area contributed by atoms with Gasteiger partial charge in [0.05, 0.1) is 10.4 Å². The fourth-order valence-corrected chi connectivity index (χ4v) is 5.47. The van der Waals surface area contributed by atoms with E-state index in [1.807, 2.05) is 6.07 Å². The van der Waals surface area contributed by atoms with Crippen LogP contribution in [0, 0.1) is 17.0 Å². The first-order chi connectivity index (χ1) is 13.1. The van der Waals surface area contributed by atoms with Gasteiger partial charge in [0, 0.05) is 35.2 Å². The number of thiophene rings is 1. The molecule has 0 radical (unpaired) electrons. The number of aromatic nitrogens is 1. The lowest BCUT2D eigenvalue weighted by Gasteiger charge is -2.12. The number of nitriles is 1. The van der Waals surface area contributed by atoms with Crippen molar-refractivity contribution in [1.29, 1.82) is 5.26 Å². The first-order valence-corrected chi connectivity index (χ1v) is 10.2. The molecule has 0 bridgehead atoms. The summed E-state index contributed by atoms with van der Waals surface area (Å²) in [7, 11) is 1.63. The number of thiazole rings is 1. The Morgan fingerprint density at radius 2 is 2.22 bits per heavy atom. The lowest BCUT2D eigenvalue weighted by Crippen LogP contribution is -2.11. The lowest BCUT2D eigenvalue weighted by molar-refractivity contribution is 0.633. The third-order valence-electron chi connectivity index (χ3n) is 4.68. The van der Waals surface area contributed by atoms with E-state index >= 15 is 0 Å². The van der Waals surface area contributed by atoms with Crippen LogP contribution in [-0.2, 0) is 0 Å². The summed E-state index contributed by atoms with van der Waals surface area (Å²) >= 11 is 3.20. The average molecular weight is 394 g/mol. The first kappa shape index (κ1) is 17.9. The second-order valence-corrected chi connectivity index (χ2v) is 8.54. The van der Waals surface area contributed by atoms with Gasteiger partial charge in [0.1, 0.15) is 15.7 Å². The Kier molecular flexibility index (Phi) is 4.81.